The first-order chi connectivity index (χ1) is 10.5. The van der Waals surface area contributed by atoms with Gasteiger partial charge in [-0.25, -0.2) is 0 Å². The fourth-order valence-electron chi connectivity index (χ4n) is 2.78. The highest BCUT2D eigenvalue weighted by molar-refractivity contribution is 5.94. The maximum absolute atomic E-state index is 11.9. The number of carboxylic acid groups (broad SMARTS) is 1. The van der Waals surface area contributed by atoms with Crippen molar-refractivity contribution in [1.82, 2.24) is 0 Å². The Bertz CT molecular complexity index is 411. The lowest BCUT2D eigenvalue weighted by atomic mass is 9.88. The topological polar surface area (TPSA) is 74.6 Å². The van der Waals surface area contributed by atoms with Gasteiger partial charge in [-0.1, -0.05) is 50.8 Å². The van der Waals surface area contributed by atoms with Crippen LogP contribution in [0.1, 0.15) is 58.3 Å². The normalized spacial score (nSPS) is 22.5. The van der Waals surface area contributed by atoms with Gasteiger partial charge in [0.25, 0.3) is 0 Å². The third-order valence-corrected chi connectivity index (χ3v) is 4.13. The summed E-state index contributed by atoms with van der Waals surface area (Å²) in [6.45, 7) is 2.13. The quantitative estimate of drug-likeness (QED) is 0.452. The zero-order valence-electron chi connectivity index (χ0n) is 13.4. The Labute approximate surface area is 132 Å². The van der Waals surface area contributed by atoms with Crippen molar-refractivity contribution in [3.63, 3.8) is 0 Å². The summed E-state index contributed by atoms with van der Waals surface area (Å²) in [5.41, 5.74) is 0. The van der Waals surface area contributed by atoms with Crippen molar-refractivity contribution in [3.8, 4) is 0 Å². The molecule has 3 atom stereocenters. The summed E-state index contributed by atoms with van der Waals surface area (Å²) >= 11 is 0. The lowest BCUT2D eigenvalue weighted by Crippen LogP contribution is -2.15. The van der Waals surface area contributed by atoms with E-state index < -0.39 is 12.1 Å². The van der Waals surface area contributed by atoms with E-state index in [9.17, 15) is 14.7 Å². The van der Waals surface area contributed by atoms with E-state index >= 15 is 0 Å². The van der Waals surface area contributed by atoms with Crippen molar-refractivity contribution in [2.75, 3.05) is 0 Å². The first-order valence-corrected chi connectivity index (χ1v) is 8.34. The van der Waals surface area contributed by atoms with E-state index in [1.165, 1.54) is 0 Å². The number of carbonyl (C=O) groups excluding carboxylic acids is 1. The molecule has 0 unspecified atom stereocenters. The monoisotopic (exact) mass is 308 g/mol. The fourth-order valence-corrected chi connectivity index (χ4v) is 2.78. The van der Waals surface area contributed by atoms with Crippen LogP contribution in [0.4, 0.5) is 0 Å². The highest BCUT2D eigenvalue weighted by atomic mass is 16.4. The molecule has 0 saturated heterocycles. The Morgan fingerprint density at radius 2 is 2.09 bits per heavy atom. The largest absolute Gasteiger partial charge is 0.481 e. The number of allylic oxidation sites excluding steroid dienone is 3. The molecule has 22 heavy (non-hydrogen) atoms. The molecule has 0 radical (unpaired) electrons. The second-order valence-electron chi connectivity index (χ2n) is 6.03. The average molecular weight is 308 g/mol. The molecular weight excluding hydrogens is 280 g/mol. The van der Waals surface area contributed by atoms with E-state index in [1.807, 2.05) is 12.2 Å². The first-order valence-electron chi connectivity index (χ1n) is 8.34. The van der Waals surface area contributed by atoms with Gasteiger partial charge in [0.1, 0.15) is 0 Å². The molecule has 0 saturated carbocycles. The van der Waals surface area contributed by atoms with Crippen molar-refractivity contribution in [1.29, 1.82) is 0 Å². The van der Waals surface area contributed by atoms with Crippen LogP contribution < -0.4 is 0 Å². The minimum atomic E-state index is -0.789. The van der Waals surface area contributed by atoms with Crippen LogP contribution in [0.25, 0.3) is 0 Å². The smallest absolute Gasteiger partial charge is 0.303 e. The molecule has 0 aromatic carbocycles. The number of hydrogen-bond acceptors (Lipinski definition) is 3. The Kier molecular flexibility index (Phi) is 8.75. The first kappa shape index (κ1) is 18.6. The summed E-state index contributed by atoms with van der Waals surface area (Å²) in [7, 11) is 0. The van der Waals surface area contributed by atoms with Gasteiger partial charge in [0.2, 0.25) is 0 Å². The Morgan fingerprint density at radius 3 is 2.77 bits per heavy atom. The van der Waals surface area contributed by atoms with Crippen molar-refractivity contribution in [3.05, 3.63) is 24.3 Å². The average Bonchev–Trinajstić information content (AvgIpc) is 2.82. The van der Waals surface area contributed by atoms with Crippen molar-refractivity contribution < 1.29 is 19.8 Å². The van der Waals surface area contributed by atoms with Gasteiger partial charge < -0.3 is 10.2 Å². The van der Waals surface area contributed by atoms with Crippen LogP contribution in [0.3, 0.4) is 0 Å². The molecule has 1 aliphatic rings. The van der Waals surface area contributed by atoms with E-state index in [1.54, 1.807) is 12.2 Å². The van der Waals surface area contributed by atoms with Crippen LogP contribution in [0.2, 0.25) is 0 Å². The summed E-state index contributed by atoms with van der Waals surface area (Å²) in [6.07, 6.45) is 13.0. The number of ketones is 1. The molecule has 1 rings (SSSR count). The number of aliphatic hydroxyl groups excluding tert-OH is 1. The number of hydrogen-bond donors (Lipinski definition) is 2. The number of aliphatic carboxylic acids is 1. The van der Waals surface area contributed by atoms with Gasteiger partial charge in [-0.05, 0) is 25.3 Å². The summed E-state index contributed by atoms with van der Waals surface area (Å²) in [5, 5.41) is 18.5. The molecule has 0 amide bonds. The van der Waals surface area contributed by atoms with E-state index in [0.717, 1.165) is 32.1 Å². The molecule has 4 heteroatoms. The summed E-state index contributed by atoms with van der Waals surface area (Å²) in [5.74, 6) is -0.723. The van der Waals surface area contributed by atoms with Crippen LogP contribution >= 0.6 is 0 Å². The summed E-state index contributed by atoms with van der Waals surface area (Å²) in [6, 6.07) is 0. The highest BCUT2D eigenvalue weighted by Crippen LogP contribution is 2.28. The minimum absolute atomic E-state index is 0.0400. The maximum atomic E-state index is 11.9. The summed E-state index contributed by atoms with van der Waals surface area (Å²) < 4.78 is 0. The molecule has 0 aromatic heterocycles. The minimum Gasteiger partial charge on any atom is -0.481 e. The molecule has 0 aliphatic heterocycles. The zero-order valence-corrected chi connectivity index (χ0v) is 13.4. The van der Waals surface area contributed by atoms with E-state index in [4.69, 9.17) is 5.11 Å². The van der Waals surface area contributed by atoms with Gasteiger partial charge >= 0.3 is 5.97 Å². The van der Waals surface area contributed by atoms with Crippen LogP contribution in [-0.2, 0) is 9.59 Å². The van der Waals surface area contributed by atoms with Gasteiger partial charge in [-0.15, -0.1) is 0 Å². The third kappa shape index (κ3) is 7.03. The third-order valence-electron chi connectivity index (χ3n) is 4.13. The molecule has 4 nitrogen and oxygen atoms in total. The van der Waals surface area contributed by atoms with Crippen LogP contribution in [-0.4, -0.2) is 28.1 Å². The lowest BCUT2D eigenvalue weighted by Gasteiger charge is -2.15. The second-order valence-corrected chi connectivity index (χ2v) is 6.03. The Hall–Kier alpha value is -1.42. The molecule has 124 valence electrons. The molecule has 2 N–H and O–H groups in total. The van der Waals surface area contributed by atoms with Crippen molar-refractivity contribution in [2.24, 2.45) is 11.8 Å². The van der Waals surface area contributed by atoms with E-state index in [-0.39, 0.29) is 24.0 Å². The molecule has 0 bridgehead atoms. The number of carboxylic acids is 1. The SMILES string of the molecule is CCCCC[C@H](O)/C=C/[C@H]1C=CC(=O)[C@@H]1CCCCC(=O)O. The van der Waals surface area contributed by atoms with Crippen molar-refractivity contribution >= 4 is 11.8 Å². The van der Waals surface area contributed by atoms with Crippen molar-refractivity contribution in [2.45, 2.75) is 64.4 Å². The van der Waals surface area contributed by atoms with Crippen LogP contribution in [0.5, 0.6) is 0 Å². The zero-order chi connectivity index (χ0) is 16.4. The molecule has 0 fully saturated rings. The number of carbonyl (C=O) groups is 2. The predicted molar refractivity (Wildman–Crippen MR) is 86.5 cm³/mol. The Balaban J connectivity index is 2.38. The number of rotatable bonds is 11. The fraction of sp³-hybridized carbons (Fsp3) is 0.667. The van der Waals surface area contributed by atoms with Gasteiger partial charge in [-0.2, -0.15) is 0 Å². The van der Waals surface area contributed by atoms with Crippen LogP contribution in [0, 0.1) is 11.8 Å². The second kappa shape index (κ2) is 10.3. The van der Waals surface area contributed by atoms with Gasteiger partial charge in [-0.3, -0.25) is 9.59 Å². The molecule has 0 aromatic rings. The van der Waals surface area contributed by atoms with E-state index in [2.05, 4.69) is 6.92 Å². The maximum Gasteiger partial charge on any atom is 0.303 e. The standard InChI is InChI=1S/C18H28O4/c1-2-3-4-7-15(19)12-10-14-11-13-17(20)16(14)8-5-6-9-18(21)22/h10-16,19H,2-9H2,1H3,(H,21,22)/b12-10+/t14-,15-,16+/m0/s1. The summed E-state index contributed by atoms with van der Waals surface area (Å²) in [4.78, 5) is 22.4. The molecule has 0 spiro atoms. The number of unbranched alkanes of at least 4 members (excludes halogenated alkanes) is 3. The Morgan fingerprint density at radius 1 is 1.32 bits per heavy atom. The molecular formula is C18H28O4. The van der Waals surface area contributed by atoms with Crippen LogP contribution in [0.15, 0.2) is 24.3 Å². The lowest BCUT2D eigenvalue weighted by molar-refractivity contribution is -0.137. The number of aliphatic hydroxyl groups is 1. The van der Waals surface area contributed by atoms with Gasteiger partial charge in [0.05, 0.1) is 6.10 Å². The van der Waals surface area contributed by atoms with E-state index in [0.29, 0.717) is 12.8 Å². The predicted octanol–water partition coefficient (Wildman–Crippen LogP) is 3.50. The van der Waals surface area contributed by atoms with Gasteiger partial charge in [0.15, 0.2) is 5.78 Å². The molecule has 0 heterocycles. The van der Waals surface area contributed by atoms with Gasteiger partial charge in [0, 0.05) is 18.3 Å². The highest BCUT2D eigenvalue weighted by Gasteiger charge is 2.27. The molecule has 1 aliphatic carbocycles.